The second-order valence-electron chi connectivity index (χ2n) is 7.26. The van der Waals surface area contributed by atoms with Crippen molar-refractivity contribution in [2.24, 2.45) is 0 Å². The first-order chi connectivity index (χ1) is 14.1. The molecule has 2 heterocycles. The largest absolute Gasteiger partial charge is 0.502 e. The highest BCUT2D eigenvalue weighted by atomic mass is 32.2. The van der Waals surface area contributed by atoms with Crippen molar-refractivity contribution in [2.45, 2.75) is 17.4 Å². The number of hydrogen-bond acceptors (Lipinski definition) is 7. The lowest BCUT2D eigenvalue weighted by Gasteiger charge is -2.40. The Hall–Kier alpha value is -2.89. The van der Waals surface area contributed by atoms with Crippen LogP contribution < -0.4 is 9.46 Å². The van der Waals surface area contributed by atoms with Gasteiger partial charge in [-0.2, -0.15) is 0 Å². The van der Waals surface area contributed by atoms with Crippen molar-refractivity contribution in [1.82, 2.24) is 14.3 Å². The molecule has 2 aromatic carbocycles. The summed E-state index contributed by atoms with van der Waals surface area (Å²) in [6.07, 6.45) is 0. The third kappa shape index (κ3) is 2.89. The average molecular weight is 437 g/mol. The maximum Gasteiger partial charge on any atom is 0.240 e. The molecule has 1 saturated heterocycles. The van der Waals surface area contributed by atoms with E-state index in [4.69, 9.17) is 9.47 Å². The number of benzene rings is 2. The van der Waals surface area contributed by atoms with Gasteiger partial charge in [0.15, 0.2) is 17.3 Å². The topological polar surface area (TPSA) is 123 Å². The van der Waals surface area contributed by atoms with Crippen molar-refractivity contribution in [2.75, 3.05) is 27.4 Å². The van der Waals surface area contributed by atoms with E-state index in [2.05, 4.69) is 9.71 Å². The molecule has 0 atom stereocenters. The lowest BCUT2D eigenvalue weighted by molar-refractivity contribution is -0.0868. The lowest BCUT2D eigenvalue weighted by atomic mass is 9.98. The number of phenols is 2. The van der Waals surface area contributed by atoms with E-state index in [9.17, 15) is 23.0 Å². The highest BCUT2D eigenvalue weighted by molar-refractivity contribution is 7.89. The monoisotopic (exact) mass is 437 g/mol. The maximum atomic E-state index is 15.0. The van der Waals surface area contributed by atoms with Crippen molar-refractivity contribution in [1.29, 1.82) is 0 Å². The molecule has 0 radical (unpaired) electrons. The minimum absolute atomic E-state index is 0.0284. The molecule has 0 unspecified atom stereocenters. The highest BCUT2D eigenvalue weighted by Gasteiger charge is 2.39. The maximum absolute atomic E-state index is 15.0. The Kier molecular flexibility index (Phi) is 4.64. The van der Waals surface area contributed by atoms with Gasteiger partial charge in [-0.05, 0) is 38.2 Å². The number of imidazole rings is 1. The molecule has 11 heteroatoms. The third-order valence-electron chi connectivity index (χ3n) is 5.21. The Labute approximate surface area is 171 Å². The zero-order valence-corrected chi connectivity index (χ0v) is 17.2. The van der Waals surface area contributed by atoms with Gasteiger partial charge >= 0.3 is 0 Å². The molecule has 3 aromatic rings. The van der Waals surface area contributed by atoms with Crippen LogP contribution in [-0.2, 0) is 20.3 Å². The van der Waals surface area contributed by atoms with Gasteiger partial charge in [0.2, 0.25) is 15.8 Å². The minimum atomic E-state index is -3.72. The van der Waals surface area contributed by atoms with E-state index in [0.29, 0.717) is 24.2 Å². The van der Waals surface area contributed by atoms with E-state index < -0.39 is 32.9 Å². The summed E-state index contributed by atoms with van der Waals surface area (Å²) in [5.41, 5.74) is 0.154. The van der Waals surface area contributed by atoms with Crippen molar-refractivity contribution < 1.29 is 32.5 Å². The zero-order valence-electron chi connectivity index (χ0n) is 16.4. The van der Waals surface area contributed by atoms with Gasteiger partial charge in [0.05, 0.1) is 47.4 Å². The van der Waals surface area contributed by atoms with Gasteiger partial charge in [0.25, 0.3) is 0 Å². The van der Waals surface area contributed by atoms with E-state index in [0.717, 1.165) is 0 Å². The van der Waals surface area contributed by atoms with Crippen LogP contribution in [0.1, 0.15) is 6.92 Å². The fourth-order valence-corrected chi connectivity index (χ4v) is 4.27. The molecule has 160 valence electrons. The fourth-order valence-electron chi connectivity index (χ4n) is 3.52. The number of nitrogens with zero attached hydrogens (tertiary/aromatic N) is 2. The van der Waals surface area contributed by atoms with Gasteiger partial charge in [0, 0.05) is 0 Å². The SMILES string of the molecule is CNS(=O)(=O)c1ccc2nc(-c3cc(OC)c(O)c(O)c3F)n(C3(C)COC3)c2c1. The molecule has 1 fully saturated rings. The summed E-state index contributed by atoms with van der Waals surface area (Å²) >= 11 is 0. The second kappa shape index (κ2) is 6.83. The number of halogens is 1. The smallest absolute Gasteiger partial charge is 0.240 e. The van der Waals surface area contributed by atoms with Gasteiger partial charge in [0.1, 0.15) is 5.82 Å². The summed E-state index contributed by atoms with van der Waals surface area (Å²) in [6.45, 7) is 2.48. The minimum Gasteiger partial charge on any atom is -0.502 e. The van der Waals surface area contributed by atoms with Crippen LogP contribution in [0.3, 0.4) is 0 Å². The number of hydrogen-bond donors (Lipinski definition) is 3. The van der Waals surface area contributed by atoms with Gasteiger partial charge < -0.3 is 24.3 Å². The number of rotatable bonds is 5. The normalized spacial score (nSPS) is 15.9. The van der Waals surface area contributed by atoms with Crippen molar-refractivity contribution in [3.05, 3.63) is 30.1 Å². The van der Waals surface area contributed by atoms with Crippen LogP contribution in [0.4, 0.5) is 4.39 Å². The molecule has 0 spiro atoms. The summed E-state index contributed by atoms with van der Waals surface area (Å²) in [5.74, 6) is -2.74. The van der Waals surface area contributed by atoms with Gasteiger partial charge in [-0.15, -0.1) is 0 Å². The van der Waals surface area contributed by atoms with Crippen LogP contribution in [0.5, 0.6) is 17.2 Å². The average Bonchev–Trinajstić information content (AvgIpc) is 3.09. The van der Waals surface area contributed by atoms with Crippen LogP contribution in [0.15, 0.2) is 29.2 Å². The number of ether oxygens (including phenoxy) is 2. The van der Waals surface area contributed by atoms with Crippen LogP contribution in [0, 0.1) is 5.82 Å². The molecular weight excluding hydrogens is 417 g/mol. The summed E-state index contributed by atoms with van der Waals surface area (Å²) in [4.78, 5) is 4.52. The Balaban J connectivity index is 2.07. The molecule has 0 saturated carbocycles. The number of aromatic hydroxyl groups is 2. The third-order valence-corrected chi connectivity index (χ3v) is 6.62. The first-order valence-corrected chi connectivity index (χ1v) is 10.4. The van der Waals surface area contributed by atoms with Crippen molar-refractivity contribution >= 4 is 21.1 Å². The molecular formula is C19H20FN3O6S. The quantitative estimate of drug-likeness (QED) is 0.521. The molecule has 9 nitrogen and oxygen atoms in total. The Morgan fingerprint density at radius 3 is 2.53 bits per heavy atom. The molecule has 0 bridgehead atoms. The number of sulfonamides is 1. The van der Waals surface area contributed by atoms with Crippen LogP contribution in [0.25, 0.3) is 22.4 Å². The van der Waals surface area contributed by atoms with Crippen LogP contribution in [0.2, 0.25) is 0 Å². The molecule has 3 N–H and O–H groups in total. The molecule has 1 aliphatic rings. The number of nitrogens with one attached hydrogen (secondary N) is 1. The number of aromatic nitrogens is 2. The van der Waals surface area contributed by atoms with E-state index in [1.165, 1.54) is 38.4 Å². The summed E-state index contributed by atoms with van der Waals surface area (Å²) < 4.78 is 53.9. The molecule has 1 aromatic heterocycles. The van der Waals surface area contributed by atoms with Gasteiger partial charge in [-0.3, -0.25) is 0 Å². The zero-order chi connectivity index (χ0) is 21.8. The predicted octanol–water partition coefficient (Wildman–Crippen LogP) is 1.92. The van der Waals surface area contributed by atoms with E-state index in [1.807, 2.05) is 6.92 Å². The first kappa shape index (κ1) is 20.4. The molecule has 30 heavy (non-hydrogen) atoms. The number of fused-ring (bicyclic) bond motifs is 1. The molecule has 0 aliphatic carbocycles. The second-order valence-corrected chi connectivity index (χ2v) is 9.14. The molecule has 1 aliphatic heterocycles. The fraction of sp³-hybridized carbons (Fsp3) is 0.316. The Morgan fingerprint density at radius 2 is 1.97 bits per heavy atom. The summed E-state index contributed by atoms with van der Waals surface area (Å²) in [5, 5.41) is 19.9. The van der Waals surface area contributed by atoms with Crippen LogP contribution >= 0.6 is 0 Å². The van der Waals surface area contributed by atoms with E-state index >= 15 is 0 Å². The van der Waals surface area contributed by atoms with E-state index in [-0.39, 0.29) is 22.0 Å². The van der Waals surface area contributed by atoms with Gasteiger partial charge in [-0.25, -0.2) is 22.5 Å². The van der Waals surface area contributed by atoms with Crippen LogP contribution in [-0.4, -0.2) is 55.6 Å². The number of phenolic OH excluding ortho intramolecular Hbond substituents is 2. The summed E-state index contributed by atoms with van der Waals surface area (Å²) in [6, 6.07) is 5.62. The Morgan fingerprint density at radius 1 is 1.27 bits per heavy atom. The number of methoxy groups -OCH3 is 1. The van der Waals surface area contributed by atoms with Gasteiger partial charge in [-0.1, -0.05) is 0 Å². The molecule has 0 amide bonds. The summed E-state index contributed by atoms with van der Waals surface area (Å²) in [7, 11) is -1.13. The van der Waals surface area contributed by atoms with Crippen molar-refractivity contribution in [3.63, 3.8) is 0 Å². The highest BCUT2D eigenvalue weighted by Crippen LogP contribution is 2.44. The lowest BCUT2D eigenvalue weighted by Crippen LogP contribution is -2.49. The van der Waals surface area contributed by atoms with Crippen molar-refractivity contribution in [3.8, 4) is 28.6 Å². The van der Waals surface area contributed by atoms with E-state index in [1.54, 1.807) is 4.57 Å². The first-order valence-electron chi connectivity index (χ1n) is 8.96. The predicted molar refractivity (Wildman–Crippen MR) is 106 cm³/mol. The Bertz CT molecular complexity index is 1270. The standard InChI is InChI=1S/C19H20FN3O6S/c1-19(8-29-9-19)23-13-6-10(30(26,27)21-2)4-5-12(13)22-18(23)11-7-14(28-3)16(24)17(25)15(11)20/h4-7,21,24-25H,8-9H2,1-3H3. The molecule has 4 rings (SSSR count).